The number of likely N-dealkylation sites (tertiary alicyclic amines) is 1. The Morgan fingerprint density at radius 2 is 2.05 bits per heavy atom. The SMILES string of the molecule is O=S(=O)(N[C@@H]1CC[C@@H](N2CCCC2)[C@@H]1O)c1cccnc1. The highest BCUT2D eigenvalue weighted by molar-refractivity contribution is 7.89. The van der Waals surface area contributed by atoms with Crippen LogP contribution in [-0.4, -0.2) is 54.7 Å². The molecule has 2 aliphatic rings. The van der Waals surface area contributed by atoms with Crippen molar-refractivity contribution < 1.29 is 13.5 Å². The van der Waals surface area contributed by atoms with Crippen molar-refractivity contribution in [2.75, 3.05) is 13.1 Å². The van der Waals surface area contributed by atoms with Crippen LogP contribution in [0.5, 0.6) is 0 Å². The van der Waals surface area contributed by atoms with E-state index in [0.717, 1.165) is 32.4 Å². The minimum atomic E-state index is -3.61. The van der Waals surface area contributed by atoms with Gasteiger partial charge in [0, 0.05) is 24.5 Å². The Balaban J connectivity index is 1.68. The average molecular weight is 311 g/mol. The summed E-state index contributed by atoms with van der Waals surface area (Å²) in [4.78, 5) is 6.25. The van der Waals surface area contributed by atoms with Gasteiger partial charge in [0.2, 0.25) is 10.0 Å². The van der Waals surface area contributed by atoms with Crippen LogP contribution in [-0.2, 0) is 10.0 Å². The number of sulfonamides is 1. The maximum atomic E-state index is 12.3. The molecule has 0 aromatic carbocycles. The molecule has 1 aromatic heterocycles. The lowest BCUT2D eigenvalue weighted by Gasteiger charge is -2.28. The van der Waals surface area contributed by atoms with Gasteiger partial charge in [0.15, 0.2) is 0 Å². The van der Waals surface area contributed by atoms with Crippen LogP contribution in [0.15, 0.2) is 29.4 Å². The van der Waals surface area contributed by atoms with Gasteiger partial charge in [-0.25, -0.2) is 13.1 Å². The molecule has 21 heavy (non-hydrogen) atoms. The van der Waals surface area contributed by atoms with Crippen molar-refractivity contribution in [1.29, 1.82) is 0 Å². The number of aliphatic hydroxyl groups is 1. The number of hydrogen-bond donors (Lipinski definition) is 2. The number of aromatic nitrogens is 1. The van der Waals surface area contributed by atoms with Crippen LogP contribution in [0.2, 0.25) is 0 Å². The molecule has 0 bridgehead atoms. The molecule has 1 aliphatic carbocycles. The lowest BCUT2D eigenvalue weighted by molar-refractivity contribution is 0.0725. The lowest BCUT2D eigenvalue weighted by Crippen LogP contribution is -2.47. The van der Waals surface area contributed by atoms with Gasteiger partial charge >= 0.3 is 0 Å². The minimum Gasteiger partial charge on any atom is -0.390 e. The molecule has 0 unspecified atom stereocenters. The van der Waals surface area contributed by atoms with Gasteiger partial charge < -0.3 is 5.11 Å². The fourth-order valence-electron chi connectivity index (χ4n) is 3.33. The summed E-state index contributed by atoms with van der Waals surface area (Å²) in [7, 11) is -3.61. The normalized spacial score (nSPS) is 30.8. The summed E-state index contributed by atoms with van der Waals surface area (Å²) in [6.45, 7) is 2.01. The lowest BCUT2D eigenvalue weighted by atomic mass is 10.1. The monoisotopic (exact) mass is 311 g/mol. The number of nitrogens with zero attached hydrogens (tertiary/aromatic N) is 2. The number of rotatable bonds is 4. The van der Waals surface area contributed by atoms with Crippen molar-refractivity contribution in [2.45, 2.75) is 48.8 Å². The Hall–Kier alpha value is -1.02. The summed E-state index contributed by atoms with van der Waals surface area (Å²) in [5.74, 6) is 0. The molecule has 3 rings (SSSR count). The Kier molecular flexibility index (Phi) is 4.26. The molecule has 2 fully saturated rings. The van der Waals surface area contributed by atoms with Crippen LogP contribution in [0.25, 0.3) is 0 Å². The molecule has 0 spiro atoms. The van der Waals surface area contributed by atoms with Crippen molar-refractivity contribution in [3.8, 4) is 0 Å². The Labute approximate surface area is 125 Å². The average Bonchev–Trinajstić information content (AvgIpc) is 3.11. The van der Waals surface area contributed by atoms with E-state index in [-0.39, 0.29) is 10.9 Å². The second kappa shape index (κ2) is 6.00. The molecule has 1 aliphatic heterocycles. The summed E-state index contributed by atoms with van der Waals surface area (Å²) in [6.07, 6.45) is 6.04. The van der Waals surface area contributed by atoms with Gasteiger partial charge in [-0.15, -0.1) is 0 Å². The molecule has 2 N–H and O–H groups in total. The fraction of sp³-hybridized carbons (Fsp3) is 0.643. The Morgan fingerprint density at radius 1 is 1.29 bits per heavy atom. The smallest absolute Gasteiger partial charge is 0.242 e. The highest BCUT2D eigenvalue weighted by Gasteiger charge is 2.40. The summed E-state index contributed by atoms with van der Waals surface area (Å²) < 4.78 is 27.2. The van der Waals surface area contributed by atoms with Crippen LogP contribution in [0, 0.1) is 0 Å². The molecule has 7 heteroatoms. The van der Waals surface area contributed by atoms with Crippen LogP contribution in [0.3, 0.4) is 0 Å². The number of pyridine rings is 1. The van der Waals surface area contributed by atoms with E-state index < -0.39 is 22.2 Å². The highest BCUT2D eigenvalue weighted by Crippen LogP contribution is 2.28. The molecule has 6 nitrogen and oxygen atoms in total. The highest BCUT2D eigenvalue weighted by atomic mass is 32.2. The van der Waals surface area contributed by atoms with Crippen LogP contribution in [0.1, 0.15) is 25.7 Å². The van der Waals surface area contributed by atoms with Crippen molar-refractivity contribution in [3.05, 3.63) is 24.5 Å². The van der Waals surface area contributed by atoms with Crippen LogP contribution >= 0.6 is 0 Å². The van der Waals surface area contributed by atoms with Gasteiger partial charge in [0.25, 0.3) is 0 Å². The van der Waals surface area contributed by atoms with Crippen molar-refractivity contribution in [2.24, 2.45) is 0 Å². The van der Waals surface area contributed by atoms with E-state index in [1.807, 2.05) is 0 Å². The van der Waals surface area contributed by atoms with Gasteiger partial charge in [-0.2, -0.15) is 0 Å². The van der Waals surface area contributed by atoms with E-state index in [2.05, 4.69) is 14.6 Å². The van der Waals surface area contributed by atoms with E-state index in [4.69, 9.17) is 0 Å². The molecule has 0 radical (unpaired) electrons. The molecule has 2 heterocycles. The topological polar surface area (TPSA) is 82.5 Å². The maximum absolute atomic E-state index is 12.3. The number of nitrogens with one attached hydrogen (secondary N) is 1. The van der Waals surface area contributed by atoms with Crippen molar-refractivity contribution >= 4 is 10.0 Å². The summed E-state index contributed by atoms with van der Waals surface area (Å²) >= 11 is 0. The molecule has 116 valence electrons. The van der Waals surface area contributed by atoms with E-state index in [0.29, 0.717) is 6.42 Å². The van der Waals surface area contributed by atoms with Gasteiger partial charge in [0.05, 0.1) is 6.10 Å². The van der Waals surface area contributed by atoms with E-state index in [1.54, 1.807) is 6.07 Å². The Morgan fingerprint density at radius 3 is 2.71 bits per heavy atom. The van der Waals surface area contributed by atoms with E-state index >= 15 is 0 Å². The summed E-state index contributed by atoms with van der Waals surface area (Å²) in [5.41, 5.74) is 0. The quantitative estimate of drug-likeness (QED) is 0.838. The minimum absolute atomic E-state index is 0.0779. The summed E-state index contributed by atoms with van der Waals surface area (Å²) in [5, 5.41) is 10.4. The van der Waals surface area contributed by atoms with Gasteiger partial charge in [-0.3, -0.25) is 9.88 Å². The van der Waals surface area contributed by atoms with Crippen molar-refractivity contribution in [3.63, 3.8) is 0 Å². The third-order valence-corrected chi connectivity index (χ3v) is 5.92. The third-order valence-electron chi connectivity index (χ3n) is 4.44. The fourth-order valence-corrected chi connectivity index (χ4v) is 4.58. The zero-order valence-electron chi connectivity index (χ0n) is 11.9. The van der Waals surface area contributed by atoms with Gasteiger partial charge in [0.1, 0.15) is 4.90 Å². The first kappa shape index (κ1) is 14.9. The first-order valence-corrected chi connectivity index (χ1v) is 8.91. The molecule has 0 amide bonds. The molecular weight excluding hydrogens is 290 g/mol. The number of aliphatic hydroxyl groups excluding tert-OH is 1. The second-order valence-electron chi connectivity index (χ2n) is 5.79. The molecule has 1 saturated carbocycles. The first-order valence-electron chi connectivity index (χ1n) is 7.42. The second-order valence-corrected chi connectivity index (χ2v) is 7.51. The molecular formula is C14H21N3O3S. The Bertz CT molecular complexity index is 572. The van der Waals surface area contributed by atoms with Crippen LogP contribution < -0.4 is 4.72 Å². The zero-order valence-corrected chi connectivity index (χ0v) is 12.7. The third kappa shape index (κ3) is 3.11. The first-order chi connectivity index (χ1) is 10.1. The van der Waals surface area contributed by atoms with Gasteiger partial charge in [-0.05, 0) is 50.9 Å². The maximum Gasteiger partial charge on any atom is 0.242 e. The predicted molar refractivity (Wildman–Crippen MR) is 78.2 cm³/mol. The van der Waals surface area contributed by atoms with Crippen LogP contribution in [0.4, 0.5) is 0 Å². The standard InChI is InChI=1S/C14H21N3O3S/c18-14-12(5-6-13(14)17-8-1-2-9-17)16-21(19,20)11-4-3-7-15-10-11/h3-4,7,10,12-14,16,18H,1-2,5-6,8-9H2/t12-,13-,14-/m1/s1. The largest absolute Gasteiger partial charge is 0.390 e. The predicted octanol–water partition coefficient (Wildman–Crippen LogP) is 0.348. The number of hydrogen-bond acceptors (Lipinski definition) is 5. The summed E-state index contributed by atoms with van der Waals surface area (Å²) in [6, 6.07) is 2.76. The molecule has 1 saturated heterocycles. The van der Waals surface area contributed by atoms with E-state index in [9.17, 15) is 13.5 Å². The van der Waals surface area contributed by atoms with E-state index in [1.165, 1.54) is 18.5 Å². The molecule has 1 aromatic rings. The zero-order chi connectivity index (χ0) is 14.9. The van der Waals surface area contributed by atoms with Gasteiger partial charge in [-0.1, -0.05) is 0 Å². The molecule has 3 atom stereocenters. The van der Waals surface area contributed by atoms with Crippen molar-refractivity contribution in [1.82, 2.24) is 14.6 Å².